The topological polar surface area (TPSA) is 0 Å². The quantitative estimate of drug-likeness (QED) is 0.624. The van der Waals surface area contributed by atoms with Gasteiger partial charge in [-0.25, -0.2) is 8.78 Å². The van der Waals surface area contributed by atoms with Crippen LogP contribution in [0.2, 0.25) is 0 Å². The standard InChI is InChI=1S/C14H16F2/c1-9-4-10(2)14(3,8-9)11-5-12(15)7-13(16)6-11/h5-8,10H,4H2,1-3H3/t10?,14-/m0/s1. The fourth-order valence-corrected chi connectivity index (χ4v) is 2.64. The van der Waals surface area contributed by atoms with Crippen LogP contribution in [0.25, 0.3) is 0 Å². The molecule has 0 N–H and O–H groups in total. The molecule has 1 aliphatic rings. The van der Waals surface area contributed by atoms with Gasteiger partial charge in [0.05, 0.1) is 0 Å². The molecule has 0 fully saturated rings. The van der Waals surface area contributed by atoms with Crippen molar-refractivity contribution in [1.29, 1.82) is 0 Å². The molecule has 0 aliphatic heterocycles. The molecule has 1 unspecified atom stereocenters. The Labute approximate surface area is 95.0 Å². The second kappa shape index (κ2) is 3.69. The lowest BCUT2D eigenvalue weighted by Crippen LogP contribution is -2.24. The molecule has 2 rings (SSSR count). The third-order valence-electron chi connectivity index (χ3n) is 3.68. The molecule has 16 heavy (non-hydrogen) atoms. The molecule has 2 atom stereocenters. The van der Waals surface area contributed by atoms with Crippen LogP contribution in [0.1, 0.15) is 32.8 Å². The summed E-state index contributed by atoms with van der Waals surface area (Å²) in [4.78, 5) is 0. The summed E-state index contributed by atoms with van der Waals surface area (Å²) in [5.41, 5.74) is 1.78. The van der Waals surface area contributed by atoms with E-state index in [0.29, 0.717) is 5.92 Å². The number of rotatable bonds is 1. The van der Waals surface area contributed by atoms with Crippen molar-refractivity contribution in [2.75, 3.05) is 0 Å². The zero-order valence-electron chi connectivity index (χ0n) is 9.85. The maximum absolute atomic E-state index is 13.2. The Balaban J connectivity index is 2.51. The van der Waals surface area contributed by atoms with Crippen LogP contribution in [-0.2, 0) is 5.41 Å². The van der Waals surface area contributed by atoms with Gasteiger partial charge in [0.1, 0.15) is 11.6 Å². The second-order valence-electron chi connectivity index (χ2n) is 5.04. The molecule has 86 valence electrons. The average Bonchev–Trinajstić information content (AvgIpc) is 2.40. The number of benzene rings is 1. The molecule has 0 saturated carbocycles. The molecule has 2 heteroatoms. The van der Waals surface area contributed by atoms with E-state index in [2.05, 4.69) is 19.9 Å². The van der Waals surface area contributed by atoms with Crippen molar-refractivity contribution < 1.29 is 8.78 Å². The fourth-order valence-electron chi connectivity index (χ4n) is 2.64. The lowest BCUT2D eigenvalue weighted by atomic mass is 9.75. The normalized spacial score (nSPS) is 29.3. The Kier molecular flexibility index (Phi) is 2.61. The lowest BCUT2D eigenvalue weighted by molar-refractivity contribution is 0.412. The first-order chi connectivity index (χ1) is 7.41. The van der Waals surface area contributed by atoms with Crippen LogP contribution in [-0.4, -0.2) is 0 Å². The zero-order chi connectivity index (χ0) is 11.9. The molecule has 0 spiro atoms. The van der Waals surface area contributed by atoms with E-state index < -0.39 is 11.6 Å². The summed E-state index contributed by atoms with van der Waals surface area (Å²) < 4.78 is 26.4. The molecule has 0 amide bonds. The molecule has 1 aromatic rings. The van der Waals surface area contributed by atoms with E-state index in [9.17, 15) is 8.78 Å². The highest BCUT2D eigenvalue weighted by molar-refractivity contribution is 5.36. The van der Waals surface area contributed by atoms with Crippen molar-refractivity contribution in [2.24, 2.45) is 5.92 Å². The molecular weight excluding hydrogens is 206 g/mol. The highest BCUT2D eigenvalue weighted by atomic mass is 19.1. The monoisotopic (exact) mass is 222 g/mol. The Hall–Kier alpha value is -1.18. The van der Waals surface area contributed by atoms with E-state index >= 15 is 0 Å². The summed E-state index contributed by atoms with van der Waals surface area (Å²) in [5, 5.41) is 0. The van der Waals surface area contributed by atoms with Gasteiger partial charge in [-0.2, -0.15) is 0 Å². The summed E-state index contributed by atoms with van der Waals surface area (Å²) in [6.07, 6.45) is 3.13. The smallest absolute Gasteiger partial charge is 0.126 e. The van der Waals surface area contributed by atoms with Crippen LogP contribution in [0.15, 0.2) is 29.8 Å². The maximum Gasteiger partial charge on any atom is 0.126 e. The van der Waals surface area contributed by atoms with Gasteiger partial charge in [0, 0.05) is 11.5 Å². The predicted molar refractivity (Wildman–Crippen MR) is 61.2 cm³/mol. The molecule has 0 radical (unpaired) electrons. The van der Waals surface area contributed by atoms with Gasteiger partial charge in [0.25, 0.3) is 0 Å². The summed E-state index contributed by atoms with van der Waals surface area (Å²) in [6, 6.07) is 3.80. The van der Waals surface area contributed by atoms with Gasteiger partial charge in [0.15, 0.2) is 0 Å². The highest BCUT2D eigenvalue weighted by Crippen LogP contribution is 2.43. The van der Waals surface area contributed by atoms with Crippen molar-refractivity contribution in [3.05, 3.63) is 47.0 Å². The van der Waals surface area contributed by atoms with Crippen molar-refractivity contribution in [1.82, 2.24) is 0 Å². The van der Waals surface area contributed by atoms with Crippen LogP contribution >= 0.6 is 0 Å². The van der Waals surface area contributed by atoms with Crippen molar-refractivity contribution in [3.8, 4) is 0 Å². The summed E-state index contributed by atoms with van der Waals surface area (Å²) in [5.74, 6) is -0.614. The predicted octanol–water partition coefficient (Wildman–Crippen LogP) is 4.21. The van der Waals surface area contributed by atoms with Gasteiger partial charge < -0.3 is 0 Å². The Morgan fingerprint density at radius 1 is 1.19 bits per heavy atom. The molecule has 1 aliphatic carbocycles. The van der Waals surface area contributed by atoms with Crippen LogP contribution < -0.4 is 0 Å². The van der Waals surface area contributed by atoms with Crippen molar-refractivity contribution in [3.63, 3.8) is 0 Å². The van der Waals surface area contributed by atoms with Gasteiger partial charge in [-0.05, 0) is 37.0 Å². The largest absolute Gasteiger partial charge is 0.207 e. The first-order valence-corrected chi connectivity index (χ1v) is 5.57. The molecule has 0 bridgehead atoms. The molecule has 1 aromatic carbocycles. The van der Waals surface area contributed by atoms with Crippen LogP contribution in [0.4, 0.5) is 8.78 Å². The van der Waals surface area contributed by atoms with Gasteiger partial charge in [0.2, 0.25) is 0 Å². The summed E-state index contributed by atoms with van der Waals surface area (Å²) in [6.45, 7) is 6.23. The summed E-state index contributed by atoms with van der Waals surface area (Å²) in [7, 11) is 0. The summed E-state index contributed by atoms with van der Waals surface area (Å²) >= 11 is 0. The molecule has 0 saturated heterocycles. The second-order valence-corrected chi connectivity index (χ2v) is 5.04. The first kappa shape index (κ1) is 11.3. The third-order valence-corrected chi connectivity index (χ3v) is 3.68. The molecule has 0 nitrogen and oxygen atoms in total. The van der Waals surface area contributed by atoms with Gasteiger partial charge in [-0.3, -0.25) is 0 Å². The van der Waals surface area contributed by atoms with Crippen LogP contribution in [0.5, 0.6) is 0 Å². The zero-order valence-corrected chi connectivity index (χ0v) is 9.85. The van der Waals surface area contributed by atoms with E-state index in [1.54, 1.807) is 0 Å². The van der Waals surface area contributed by atoms with Crippen molar-refractivity contribution >= 4 is 0 Å². The van der Waals surface area contributed by atoms with Crippen LogP contribution in [0.3, 0.4) is 0 Å². The third kappa shape index (κ3) is 1.77. The Morgan fingerprint density at radius 2 is 1.75 bits per heavy atom. The van der Waals surface area contributed by atoms with E-state index in [0.717, 1.165) is 18.1 Å². The van der Waals surface area contributed by atoms with E-state index in [1.807, 2.05) is 6.92 Å². The number of allylic oxidation sites excluding steroid dienone is 2. The maximum atomic E-state index is 13.2. The SMILES string of the molecule is CC1=C[C@](C)(c2cc(F)cc(F)c2)C(C)C1. The fraction of sp³-hybridized carbons (Fsp3) is 0.429. The Morgan fingerprint density at radius 3 is 2.19 bits per heavy atom. The number of hydrogen-bond acceptors (Lipinski definition) is 0. The Bertz CT molecular complexity index is 428. The lowest BCUT2D eigenvalue weighted by Gasteiger charge is -2.28. The first-order valence-electron chi connectivity index (χ1n) is 5.57. The molecule has 0 heterocycles. The molecular formula is C14H16F2. The van der Waals surface area contributed by atoms with Gasteiger partial charge in [-0.15, -0.1) is 0 Å². The van der Waals surface area contributed by atoms with Crippen molar-refractivity contribution in [2.45, 2.75) is 32.6 Å². The van der Waals surface area contributed by atoms with E-state index in [1.165, 1.54) is 17.7 Å². The van der Waals surface area contributed by atoms with E-state index in [-0.39, 0.29) is 5.41 Å². The minimum Gasteiger partial charge on any atom is -0.207 e. The minimum atomic E-state index is -0.499. The number of hydrogen-bond donors (Lipinski definition) is 0. The average molecular weight is 222 g/mol. The van der Waals surface area contributed by atoms with E-state index in [4.69, 9.17) is 0 Å². The van der Waals surface area contributed by atoms with Gasteiger partial charge in [-0.1, -0.05) is 25.5 Å². The minimum absolute atomic E-state index is 0.243. The van der Waals surface area contributed by atoms with Gasteiger partial charge >= 0.3 is 0 Å². The van der Waals surface area contributed by atoms with Crippen LogP contribution in [0, 0.1) is 17.6 Å². The molecule has 0 aromatic heterocycles. The highest BCUT2D eigenvalue weighted by Gasteiger charge is 2.36. The number of halogens is 2.